The fourth-order valence-corrected chi connectivity index (χ4v) is 7.07. The first-order chi connectivity index (χ1) is 29.5. The SMILES string of the molecule is CCCCCCCCCCCCCCCC(=O)OC[C@H](COP(=O)(O)OCC[N+](C)(C)C)OC(=O)CCCCCCCCCCCOC(=O)c1c(F)c(F)c(N=[N+]=[N-])c(F)c1F. The zero-order chi connectivity index (χ0) is 46.2. The molecule has 1 aromatic carbocycles. The lowest BCUT2D eigenvalue weighted by atomic mass is 10.0. The van der Waals surface area contributed by atoms with E-state index in [1.165, 1.54) is 57.8 Å². The Morgan fingerprint density at radius 1 is 0.645 bits per heavy atom. The summed E-state index contributed by atoms with van der Waals surface area (Å²) in [6.45, 7) is 1.59. The maximum atomic E-state index is 14.1. The van der Waals surface area contributed by atoms with E-state index in [0.29, 0.717) is 36.7 Å². The van der Waals surface area contributed by atoms with E-state index in [4.69, 9.17) is 28.8 Å². The van der Waals surface area contributed by atoms with Crippen LogP contribution in [0.3, 0.4) is 0 Å². The first kappa shape index (κ1) is 56.7. The lowest BCUT2D eigenvalue weighted by Gasteiger charge is -2.24. The molecule has 0 saturated heterocycles. The Hall–Kier alpha value is -3.27. The molecule has 2 atom stereocenters. The molecule has 0 aliphatic heterocycles. The molecule has 1 rings (SSSR count). The molecule has 0 spiro atoms. The quantitative estimate of drug-likeness (QED) is 0.00640. The summed E-state index contributed by atoms with van der Waals surface area (Å²) in [5.74, 6) is -10.6. The first-order valence-corrected chi connectivity index (χ1v) is 23.9. The van der Waals surface area contributed by atoms with Crippen LogP contribution >= 0.6 is 7.82 Å². The van der Waals surface area contributed by atoms with Crippen LogP contribution < -0.4 is 0 Å². The Balaban J connectivity index is 2.35. The molecule has 0 radical (unpaired) electrons. The zero-order valence-electron chi connectivity index (χ0n) is 37.5. The summed E-state index contributed by atoms with van der Waals surface area (Å²) >= 11 is 0. The van der Waals surface area contributed by atoms with E-state index in [1.807, 2.05) is 21.1 Å². The summed E-state index contributed by atoms with van der Waals surface area (Å²) < 4.78 is 95.0. The molecule has 1 unspecified atom stereocenters. The third-order valence-corrected chi connectivity index (χ3v) is 11.0. The number of carbonyl (C=O) groups excluding carboxylic acids is 3. The summed E-state index contributed by atoms with van der Waals surface area (Å²) in [6, 6.07) is 0. The van der Waals surface area contributed by atoms with Gasteiger partial charge in [0.15, 0.2) is 29.4 Å². The van der Waals surface area contributed by atoms with Crippen LogP contribution in [0.25, 0.3) is 10.4 Å². The van der Waals surface area contributed by atoms with Crippen LogP contribution in [0.5, 0.6) is 0 Å². The average molecular weight is 912 g/mol. The standard InChI is InChI=1S/C43H71F4N4O10P/c1-5-6-7-8-9-10-11-12-13-15-18-21-24-27-35(52)58-32-34(33-60-62(55,56)59-31-29-51(2,3)4)61-36(53)28-25-22-19-16-14-17-20-23-26-30-57-43(54)37-38(44)40(46)42(49-50-48)41(47)39(37)45/h34H,5-33H2,1-4H3/p+1/t34-/m1/s1. The Bertz CT molecular complexity index is 1530. The molecule has 0 aromatic heterocycles. The lowest BCUT2D eigenvalue weighted by Crippen LogP contribution is -2.37. The highest BCUT2D eigenvalue weighted by atomic mass is 31.2. The molecule has 0 heterocycles. The normalized spacial score (nSPS) is 13.0. The number of rotatable bonds is 38. The van der Waals surface area contributed by atoms with Crippen molar-refractivity contribution in [3.8, 4) is 0 Å². The van der Waals surface area contributed by atoms with Crippen molar-refractivity contribution >= 4 is 31.4 Å². The number of ether oxygens (including phenoxy) is 3. The molecule has 62 heavy (non-hydrogen) atoms. The second-order valence-corrected chi connectivity index (χ2v) is 18.1. The van der Waals surface area contributed by atoms with Gasteiger partial charge in [-0.15, -0.1) is 0 Å². The molecule has 356 valence electrons. The van der Waals surface area contributed by atoms with Crippen LogP contribution in [0.15, 0.2) is 5.11 Å². The number of halogens is 4. The number of hydrogen-bond donors (Lipinski definition) is 1. The van der Waals surface area contributed by atoms with Crippen LogP contribution in [-0.2, 0) is 37.4 Å². The highest BCUT2D eigenvalue weighted by Crippen LogP contribution is 2.43. The molecule has 19 heteroatoms. The number of hydrogen-bond acceptors (Lipinski definition) is 10. The van der Waals surface area contributed by atoms with Crippen LogP contribution in [0.1, 0.15) is 171 Å². The molecule has 0 saturated carbocycles. The van der Waals surface area contributed by atoms with Crippen molar-refractivity contribution < 1.29 is 69.1 Å². The average Bonchev–Trinajstić information content (AvgIpc) is 3.21. The number of phosphoric acid groups is 1. The van der Waals surface area contributed by atoms with Crippen LogP contribution in [-0.4, -0.2) is 87.5 Å². The van der Waals surface area contributed by atoms with Gasteiger partial charge in [-0.25, -0.2) is 26.9 Å². The Morgan fingerprint density at radius 3 is 1.56 bits per heavy atom. The van der Waals surface area contributed by atoms with Crippen LogP contribution in [0.2, 0.25) is 0 Å². The van der Waals surface area contributed by atoms with E-state index in [2.05, 4.69) is 16.9 Å². The van der Waals surface area contributed by atoms with Crippen molar-refractivity contribution in [3.05, 3.63) is 39.3 Å². The third-order valence-electron chi connectivity index (χ3n) is 10.0. The van der Waals surface area contributed by atoms with E-state index >= 15 is 0 Å². The van der Waals surface area contributed by atoms with Crippen molar-refractivity contribution in [1.82, 2.24) is 0 Å². The van der Waals surface area contributed by atoms with E-state index in [9.17, 15) is 41.4 Å². The van der Waals surface area contributed by atoms with Crippen LogP contribution in [0, 0.1) is 23.3 Å². The van der Waals surface area contributed by atoms with Crippen molar-refractivity contribution in [3.63, 3.8) is 0 Å². The molecule has 14 nitrogen and oxygen atoms in total. The number of phosphoric ester groups is 1. The minimum absolute atomic E-state index is 0.0344. The minimum Gasteiger partial charge on any atom is -0.462 e. The number of likely N-dealkylation sites (N-methyl/N-ethyl adjacent to an activating group) is 1. The fraction of sp³-hybridized carbons (Fsp3) is 0.791. The highest BCUT2D eigenvalue weighted by Gasteiger charge is 2.30. The fourth-order valence-electron chi connectivity index (χ4n) is 6.33. The van der Waals surface area contributed by atoms with Crippen LogP contribution in [0.4, 0.5) is 23.2 Å². The van der Waals surface area contributed by atoms with Gasteiger partial charge in [0.25, 0.3) is 0 Å². The van der Waals surface area contributed by atoms with Gasteiger partial charge in [-0.2, -0.15) is 0 Å². The van der Waals surface area contributed by atoms with E-state index in [-0.39, 0.29) is 32.7 Å². The van der Waals surface area contributed by atoms with Crippen molar-refractivity contribution in [2.45, 2.75) is 167 Å². The van der Waals surface area contributed by atoms with Gasteiger partial charge in [-0.05, 0) is 24.8 Å². The maximum absolute atomic E-state index is 14.1. The smallest absolute Gasteiger partial charge is 0.462 e. The molecule has 0 aliphatic rings. The Labute approximate surface area is 365 Å². The monoisotopic (exact) mass is 911 g/mol. The van der Waals surface area contributed by atoms with E-state index < -0.39 is 73.0 Å². The third kappa shape index (κ3) is 27.0. The molecule has 0 amide bonds. The lowest BCUT2D eigenvalue weighted by molar-refractivity contribution is -0.870. The van der Waals surface area contributed by atoms with Gasteiger partial charge in [-0.3, -0.25) is 18.6 Å². The number of benzene rings is 1. The van der Waals surface area contributed by atoms with Gasteiger partial charge >= 0.3 is 25.7 Å². The van der Waals surface area contributed by atoms with Crippen molar-refractivity contribution in [2.75, 3.05) is 54.1 Å². The van der Waals surface area contributed by atoms with Crippen molar-refractivity contribution in [2.24, 2.45) is 5.11 Å². The number of unbranched alkanes of at least 4 members (excludes halogenated alkanes) is 20. The summed E-state index contributed by atoms with van der Waals surface area (Å²) in [4.78, 5) is 49.5. The predicted octanol–water partition coefficient (Wildman–Crippen LogP) is 12.0. The molecular weight excluding hydrogens is 839 g/mol. The second-order valence-electron chi connectivity index (χ2n) is 16.6. The Morgan fingerprint density at radius 2 is 1.10 bits per heavy atom. The molecule has 0 bridgehead atoms. The summed E-state index contributed by atoms with van der Waals surface area (Å²) in [7, 11) is 1.24. The van der Waals surface area contributed by atoms with Gasteiger partial charge in [-0.1, -0.05) is 134 Å². The summed E-state index contributed by atoms with van der Waals surface area (Å²) in [5, 5.41) is 2.58. The topological polar surface area (TPSA) is 183 Å². The number of esters is 3. The van der Waals surface area contributed by atoms with Gasteiger partial charge in [0, 0.05) is 17.8 Å². The van der Waals surface area contributed by atoms with Gasteiger partial charge in [0.05, 0.1) is 34.4 Å². The summed E-state index contributed by atoms with van der Waals surface area (Å²) in [5.41, 5.74) is 5.27. The maximum Gasteiger partial charge on any atom is 0.472 e. The first-order valence-electron chi connectivity index (χ1n) is 22.4. The second kappa shape index (κ2) is 33.3. The van der Waals surface area contributed by atoms with Gasteiger partial charge < -0.3 is 23.6 Å². The largest absolute Gasteiger partial charge is 0.472 e. The van der Waals surface area contributed by atoms with E-state index in [0.717, 1.165) is 57.8 Å². The molecule has 1 N–H and O–H groups in total. The number of quaternary nitrogens is 1. The number of nitrogens with zero attached hydrogens (tertiary/aromatic N) is 4. The minimum atomic E-state index is -4.46. The molecule has 1 aromatic rings. The van der Waals surface area contributed by atoms with E-state index in [1.54, 1.807) is 0 Å². The van der Waals surface area contributed by atoms with Gasteiger partial charge in [0.2, 0.25) is 0 Å². The number of azide groups is 1. The Kier molecular flexibility index (Phi) is 30.5. The number of carbonyl (C=O) groups is 3. The predicted molar refractivity (Wildman–Crippen MR) is 227 cm³/mol. The zero-order valence-corrected chi connectivity index (χ0v) is 38.3. The molecule has 0 fully saturated rings. The highest BCUT2D eigenvalue weighted by molar-refractivity contribution is 7.47. The molecular formula is C43H72F4N4O10P+. The van der Waals surface area contributed by atoms with Crippen molar-refractivity contribution in [1.29, 1.82) is 0 Å². The van der Waals surface area contributed by atoms with Gasteiger partial charge in [0.1, 0.15) is 31.0 Å². The molecule has 0 aliphatic carbocycles. The summed E-state index contributed by atoms with van der Waals surface area (Å²) in [6.07, 6.45) is 21.1.